The maximum atomic E-state index is 13.5. The molecule has 1 atom stereocenters. The standard InChI is InChI=1S/C29H22N2O7S/c1-15-3-9-19-22(13-15)39-29(30-19)31-24(16-4-6-17(7-5-16)28(35)36-2)23(26(33)27(31)34)25(32)18-8-10-20-21(14-18)38-12-11-37-20/h3-10,13-14,24,32H,11-12H2,1-2H3/b25-23+/t24-/m1/s1. The lowest BCUT2D eigenvalue weighted by Gasteiger charge is -2.23. The van der Waals surface area contributed by atoms with Gasteiger partial charge in [-0.3, -0.25) is 14.5 Å². The van der Waals surface area contributed by atoms with Crippen LogP contribution in [0.2, 0.25) is 0 Å². The predicted molar refractivity (Wildman–Crippen MR) is 144 cm³/mol. The number of esters is 1. The first-order chi connectivity index (χ1) is 18.9. The molecule has 1 amide bonds. The van der Waals surface area contributed by atoms with Gasteiger partial charge >= 0.3 is 11.9 Å². The van der Waals surface area contributed by atoms with Gasteiger partial charge in [-0.1, -0.05) is 29.5 Å². The van der Waals surface area contributed by atoms with Gasteiger partial charge in [0, 0.05) is 5.56 Å². The highest BCUT2D eigenvalue weighted by molar-refractivity contribution is 7.22. The number of aliphatic hydroxyl groups is 1. The molecule has 10 heteroatoms. The van der Waals surface area contributed by atoms with Gasteiger partial charge in [-0.05, 0) is 60.5 Å². The van der Waals surface area contributed by atoms with Gasteiger partial charge in [0.1, 0.15) is 19.0 Å². The highest BCUT2D eigenvalue weighted by Gasteiger charge is 2.48. The minimum atomic E-state index is -0.994. The molecule has 1 aromatic heterocycles. The number of anilines is 1. The summed E-state index contributed by atoms with van der Waals surface area (Å²) in [6, 6.07) is 15.9. The van der Waals surface area contributed by atoms with Gasteiger partial charge in [-0.2, -0.15) is 0 Å². The zero-order valence-electron chi connectivity index (χ0n) is 21.0. The Bertz CT molecular complexity index is 1690. The molecule has 0 aliphatic carbocycles. The van der Waals surface area contributed by atoms with Crippen LogP contribution in [0, 0.1) is 6.92 Å². The van der Waals surface area contributed by atoms with E-state index in [2.05, 4.69) is 4.98 Å². The molecule has 3 heterocycles. The number of hydrogen-bond acceptors (Lipinski definition) is 9. The van der Waals surface area contributed by atoms with Gasteiger partial charge in [0.05, 0.1) is 34.5 Å². The SMILES string of the molecule is COC(=O)c1ccc([C@@H]2/C(=C(\O)c3ccc4c(c3)OCCO4)C(=O)C(=O)N2c2nc3ccc(C)cc3s2)cc1. The van der Waals surface area contributed by atoms with Crippen molar-refractivity contribution in [3.8, 4) is 11.5 Å². The van der Waals surface area contributed by atoms with E-state index in [1.165, 1.54) is 23.3 Å². The second kappa shape index (κ2) is 9.55. The molecule has 6 rings (SSSR count). The summed E-state index contributed by atoms with van der Waals surface area (Å²) in [5.41, 5.74) is 2.74. The lowest BCUT2D eigenvalue weighted by atomic mass is 9.94. The number of aryl methyl sites for hydroxylation is 1. The van der Waals surface area contributed by atoms with Crippen LogP contribution in [-0.4, -0.2) is 48.1 Å². The van der Waals surface area contributed by atoms with Gasteiger partial charge in [0.15, 0.2) is 16.6 Å². The Morgan fingerprint density at radius 1 is 1.00 bits per heavy atom. The molecule has 0 unspecified atom stereocenters. The van der Waals surface area contributed by atoms with Crippen molar-refractivity contribution in [1.82, 2.24) is 4.98 Å². The molecular weight excluding hydrogens is 520 g/mol. The second-order valence-electron chi connectivity index (χ2n) is 9.11. The number of aromatic nitrogens is 1. The van der Waals surface area contributed by atoms with Crippen LogP contribution in [0.15, 0.2) is 66.2 Å². The second-order valence-corrected chi connectivity index (χ2v) is 10.1. The third-order valence-corrected chi connectivity index (χ3v) is 7.66. The summed E-state index contributed by atoms with van der Waals surface area (Å²) in [5, 5.41) is 11.8. The molecule has 0 radical (unpaired) electrons. The summed E-state index contributed by atoms with van der Waals surface area (Å²) in [6.07, 6.45) is 0. The molecule has 4 aromatic rings. The largest absolute Gasteiger partial charge is 0.507 e. The fraction of sp³-hybridized carbons (Fsp3) is 0.172. The number of nitrogens with zero attached hydrogens (tertiary/aromatic N) is 2. The van der Waals surface area contributed by atoms with Crippen LogP contribution in [0.5, 0.6) is 11.5 Å². The molecule has 0 saturated carbocycles. The fourth-order valence-electron chi connectivity index (χ4n) is 4.73. The number of rotatable bonds is 4. The number of benzene rings is 3. The van der Waals surface area contributed by atoms with Crippen LogP contribution in [0.25, 0.3) is 16.0 Å². The number of Topliss-reactive ketones (excluding diaryl/α,β-unsaturated/α-hetero) is 1. The van der Waals surface area contributed by atoms with Crippen molar-refractivity contribution in [3.05, 3.63) is 88.5 Å². The van der Waals surface area contributed by atoms with Crippen molar-refractivity contribution in [2.45, 2.75) is 13.0 Å². The van der Waals surface area contributed by atoms with E-state index in [1.54, 1.807) is 42.5 Å². The van der Waals surface area contributed by atoms with E-state index in [9.17, 15) is 19.5 Å². The Morgan fingerprint density at radius 2 is 1.72 bits per heavy atom. The van der Waals surface area contributed by atoms with E-state index in [0.29, 0.717) is 52.1 Å². The van der Waals surface area contributed by atoms with Crippen molar-refractivity contribution in [2.24, 2.45) is 0 Å². The molecule has 39 heavy (non-hydrogen) atoms. The zero-order valence-corrected chi connectivity index (χ0v) is 21.8. The van der Waals surface area contributed by atoms with E-state index >= 15 is 0 Å². The van der Waals surface area contributed by atoms with E-state index < -0.39 is 23.7 Å². The van der Waals surface area contributed by atoms with Crippen molar-refractivity contribution in [3.63, 3.8) is 0 Å². The summed E-state index contributed by atoms with van der Waals surface area (Å²) >= 11 is 1.28. The Kier molecular flexibility index (Phi) is 6.03. The predicted octanol–water partition coefficient (Wildman–Crippen LogP) is 4.79. The van der Waals surface area contributed by atoms with Crippen LogP contribution < -0.4 is 14.4 Å². The molecule has 9 nitrogen and oxygen atoms in total. The number of carbonyl (C=O) groups excluding carboxylic acids is 3. The topological polar surface area (TPSA) is 115 Å². The fourth-order valence-corrected chi connectivity index (χ4v) is 5.82. The van der Waals surface area contributed by atoms with Crippen LogP contribution >= 0.6 is 11.3 Å². The lowest BCUT2D eigenvalue weighted by Crippen LogP contribution is -2.29. The number of ether oxygens (including phenoxy) is 3. The molecule has 0 spiro atoms. The van der Waals surface area contributed by atoms with Crippen molar-refractivity contribution in [1.29, 1.82) is 0 Å². The number of methoxy groups -OCH3 is 1. The van der Waals surface area contributed by atoms with E-state index in [-0.39, 0.29) is 11.3 Å². The Morgan fingerprint density at radius 3 is 2.46 bits per heavy atom. The number of carbonyl (C=O) groups is 3. The van der Waals surface area contributed by atoms with Crippen LogP contribution in [0.1, 0.15) is 33.1 Å². The molecule has 1 N–H and O–H groups in total. The van der Waals surface area contributed by atoms with Crippen LogP contribution in [0.4, 0.5) is 5.13 Å². The minimum Gasteiger partial charge on any atom is -0.507 e. The Labute approximate surface area is 226 Å². The Hall–Kier alpha value is -4.70. The van der Waals surface area contributed by atoms with Gasteiger partial charge in [0.25, 0.3) is 5.78 Å². The van der Waals surface area contributed by atoms with E-state index in [1.807, 2.05) is 25.1 Å². The summed E-state index contributed by atoms with van der Waals surface area (Å²) in [5.74, 6) is -1.58. The number of hydrogen-bond donors (Lipinski definition) is 1. The molecule has 2 aliphatic rings. The molecule has 3 aromatic carbocycles. The maximum absolute atomic E-state index is 13.5. The number of fused-ring (bicyclic) bond motifs is 2. The quantitative estimate of drug-likeness (QED) is 0.169. The number of aliphatic hydroxyl groups excluding tert-OH is 1. The van der Waals surface area contributed by atoms with Crippen LogP contribution in [0.3, 0.4) is 0 Å². The summed E-state index contributed by atoms with van der Waals surface area (Å²) in [6.45, 7) is 2.72. The highest BCUT2D eigenvalue weighted by Crippen LogP contribution is 2.45. The molecule has 0 bridgehead atoms. The molecule has 196 valence electrons. The van der Waals surface area contributed by atoms with E-state index in [4.69, 9.17) is 14.2 Å². The average molecular weight is 543 g/mol. The van der Waals surface area contributed by atoms with Crippen LogP contribution in [-0.2, 0) is 14.3 Å². The molecule has 1 fully saturated rings. The molecular formula is C29H22N2O7S. The first kappa shape index (κ1) is 24.6. The maximum Gasteiger partial charge on any atom is 0.337 e. The van der Waals surface area contributed by atoms with E-state index in [0.717, 1.165) is 10.3 Å². The number of ketones is 1. The molecule has 2 aliphatic heterocycles. The summed E-state index contributed by atoms with van der Waals surface area (Å²) in [7, 11) is 1.29. The van der Waals surface area contributed by atoms with Crippen molar-refractivity contribution >= 4 is 50.1 Å². The Balaban J connectivity index is 1.52. The molecule has 1 saturated heterocycles. The third kappa shape index (κ3) is 4.18. The normalized spacial score (nSPS) is 18.0. The van der Waals surface area contributed by atoms with Crippen molar-refractivity contribution in [2.75, 3.05) is 25.2 Å². The number of amides is 1. The van der Waals surface area contributed by atoms with Crippen molar-refractivity contribution < 1.29 is 33.7 Å². The minimum absolute atomic E-state index is 0.0991. The van der Waals surface area contributed by atoms with Gasteiger partial charge < -0.3 is 19.3 Å². The monoisotopic (exact) mass is 542 g/mol. The summed E-state index contributed by atoms with van der Waals surface area (Å²) in [4.78, 5) is 45.0. The first-order valence-electron chi connectivity index (χ1n) is 12.1. The smallest absolute Gasteiger partial charge is 0.337 e. The lowest BCUT2D eigenvalue weighted by molar-refractivity contribution is -0.132. The highest BCUT2D eigenvalue weighted by atomic mass is 32.1. The number of thiazole rings is 1. The third-order valence-electron chi connectivity index (χ3n) is 6.65. The average Bonchev–Trinajstić information content (AvgIpc) is 3.49. The van der Waals surface area contributed by atoms with Gasteiger partial charge in [-0.25, -0.2) is 9.78 Å². The van der Waals surface area contributed by atoms with Gasteiger partial charge in [0.2, 0.25) is 0 Å². The first-order valence-corrected chi connectivity index (χ1v) is 12.9. The summed E-state index contributed by atoms with van der Waals surface area (Å²) < 4.78 is 16.9. The van der Waals surface area contributed by atoms with Gasteiger partial charge in [-0.15, -0.1) is 0 Å². The zero-order chi connectivity index (χ0) is 27.3.